The third kappa shape index (κ3) is 10.2. The normalized spacial score (nSPS) is 12.7. The molecule has 2 aromatic rings. The van der Waals surface area contributed by atoms with Gasteiger partial charge in [-0.3, -0.25) is 10.1 Å². The first-order valence-corrected chi connectivity index (χ1v) is 14.8. The van der Waals surface area contributed by atoms with E-state index >= 15 is 0 Å². The van der Waals surface area contributed by atoms with E-state index in [-0.39, 0.29) is 16.5 Å². The molecule has 0 N–H and O–H groups in total. The average Bonchev–Trinajstić information content (AvgIpc) is 2.78. The highest BCUT2D eigenvalue weighted by atomic mass is 28.4. The van der Waals surface area contributed by atoms with Crippen molar-refractivity contribution in [3.63, 3.8) is 0 Å². The molecule has 2 rings (SSSR count). The van der Waals surface area contributed by atoms with Gasteiger partial charge in [0.25, 0.3) is 5.69 Å². The van der Waals surface area contributed by atoms with Crippen molar-refractivity contribution in [2.45, 2.75) is 70.9 Å². The zero-order valence-corrected chi connectivity index (χ0v) is 22.3. The third-order valence-electron chi connectivity index (χ3n) is 6.15. The fourth-order valence-corrected chi connectivity index (χ4v) is 4.05. The monoisotopic (exact) mass is 503 g/mol. The van der Waals surface area contributed by atoms with Gasteiger partial charge in [-0.2, -0.15) is 0 Å². The van der Waals surface area contributed by atoms with Gasteiger partial charge in [-0.05, 0) is 48.7 Å². The number of benzene rings is 2. The molecular weight excluding hydrogens is 466 g/mol. The quantitative estimate of drug-likeness (QED) is 0.0733. The van der Waals surface area contributed by atoms with Crippen LogP contribution >= 0.6 is 0 Å². The largest absolute Gasteiger partial charge is 0.514 e. The summed E-state index contributed by atoms with van der Waals surface area (Å²) in [6, 6.07) is 15.2. The Labute approximate surface area is 208 Å². The molecule has 0 aromatic heterocycles. The summed E-state index contributed by atoms with van der Waals surface area (Å²) in [5.74, 6) is 0.183. The lowest BCUT2D eigenvalue weighted by Crippen LogP contribution is -2.41. The SMILES string of the molecule is CC(C)(C)[Si](C)(C)OCCC(CCCOCc1ccccc1)OC(=O)Oc1ccc([N+](=O)[O-])cc1. The first-order valence-electron chi connectivity index (χ1n) is 11.9. The van der Waals surface area contributed by atoms with Gasteiger partial charge in [0.15, 0.2) is 8.32 Å². The van der Waals surface area contributed by atoms with E-state index in [4.69, 9.17) is 18.6 Å². The van der Waals surface area contributed by atoms with Crippen LogP contribution in [0.5, 0.6) is 5.75 Å². The number of nitrogens with zero attached hydrogens (tertiary/aromatic N) is 1. The number of non-ortho nitro benzene ring substituents is 1. The molecule has 0 spiro atoms. The Bertz CT molecular complexity index is 927. The van der Waals surface area contributed by atoms with Crippen LogP contribution in [0.2, 0.25) is 18.1 Å². The van der Waals surface area contributed by atoms with Crippen LogP contribution in [0.25, 0.3) is 0 Å². The molecule has 2 aromatic carbocycles. The van der Waals surface area contributed by atoms with Gasteiger partial charge in [-0.1, -0.05) is 51.1 Å². The van der Waals surface area contributed by atoms with Crippen molar-refractivity contribution in [2.75, 3.05) is 13.2 Å². The topological polar surface area (TPSA) is 97.1 Å². The molecule has 0 aliphatic heterocycles. The van der Waals surface area contributed by atoms with E-state index in [2.05, 4.69) is 33.9 Å². The minimum absolute atomic E-state index is 0.0816. The second-order valence-corrected chi connectivity index (χ2v) is 14.7. The van der Waals surface area contributed by atoms with E-state index in [1.165, 1.54) is 24.3 Å². The van der Waals surface area contributed by atoms with Gasteiger partial charge in [0, 0.05) is 31.8 Å². The molecule has 0 amide bonds. The third-order valence-corrected chi connectivity index (χ3v) is 10.7. The van der Waals surface area contributed by atoms with E-state index in [0.717, 1.165) is 5.56 Å². The van der Waals surface area contributed by atoms with Gasteiger partial charge in [0.2, 0.25) is 0 Å². The van der Waals surface area contributed by atoms with Crippen molar-refractivity contribution < 1.29 is 28.4 Å². The van der Waals surface area contributed by atoms with Gasteiger partial charge in [0.05, 0.1) is 11.5 Å². The number of nitro groups is 1. The van der Waals surface area contributed by atoms with Crippen molar-refractivity contribution in [3.05, 3.63) is 70.3 Å². The molecule has 0 heterocycles. The van der Waals surface area contributed by atoms with E-state index in [9.17, 15) is 14.9 Å². The number of hydrogen-bond donors (Lipinski definition) is 0. The number of carbonyl (C=O) groups is 1. The summed E-state index contributed by atoms with van der Waals surface area (Å²) in [4.78, 5) is 22.7. The maximum Gasteiger partial charge on any atom is 0.514 e. The maximum absolute atomic E-state index is 12.4. The average molecular weight is 504 g/mol. The molecule has 9 heteroatoms. The van der Waals surface area contributed by atoms with Crippen LogP contribution in [0.3, 0.4) is 0 Å². The summed E-state index contributed by atoms with van der Waals surface area (Å²) in [5, 5.41) is 10.9. The van der Waals surface area contributed by atoms with Crippen LogP contribution in [-0.4, -0.2) is 38.7 Å². The number of hydrogen-bond acceptors (Lipinski definition) is 7. The number of ether oxygens (including phenoxy) is 3. The summed E-state index contributed by atoms with van der Waals surface area (Å²) in [6.07, 6.45) is 0.612. The molecule has 1 unspecified atom stereocenters. The van der Waals surface area contributed by atoms with Crippen molar-refractivity contribution in [3.8, 4) is 5.75 Å². The fourth-order valence-electron chi connectivity index (χ4n) is 2.99. The van der Waals surface area contributed by atoms with Gasteiger partial charge in [-0.25, -0.2) is 4.79 Å². The Balaban J connectivity index is 1.88. The highest BCUT2D eigenvalue weighted by molar-refractivity contribution is 6.74. The van der Waals surface area contributed by atoms with E-state index in [0.29, 0.717) is 39.1 Å². The Morgan fingerprint density at radius 2 is 1.66 bits per heavy atom. The highest BCUT2D eigenvalue weighted by Gasteiger charge is 2.37. The van der Waals surface area contributed by atoms with E-state index < -0.39 is 25.5 Å². The van der Waals surface area contributed by atoms with Crippen LogP contribution in [-0.2, 0) is 20.5 Å². The van der Waals surface area contributed by atoms with E-state index in [1.54, 1.807) is 0 Å². The summed E-state index contributed by atoms with van der Waals surface area (Å²) >= 11 is 0. The smallest absolute Gasteiger partial charge is 0.431 e. The Hall–Kier alpha value is -2.75. The molecule has 0 bridgehead atoms. The molecule has 0 fully saturated rings. The van der Waals surface area contributed by atoms with Crippen molar-refractivity contribution >= 4 is 20.2 Å². The van der Waals surface area contributed by atoms with Gasteiger partial charge in [-0.15, -0.1) is 0 Å². The Morgan fingerprint density at radius 1 is 1.00 bits per heavy atom. The molecule has 1 atom stereocenters. The van der Waals surface area contributed by atoms with Crippen molar-refractivity contribution in [2.24, 2.45) is 0 Å². The second-order valence-electron chi connectivity index (χ2n) is 9.92. The molecule has 35 heavy (non-hydrogen) atoms. The second kappa shape index (κ2) is 13.4. The molecule has 192 valence electrons. The maximum atomic E-state index is 12.4. The lowest BCUT2D eigenvalue weighted by Gasteiger charge is -2.36. The van der Waals surface area contributed by atoms with Gasteiger partial charge in [0.1, 0.15) is 11.9 Å². The summed E-state index contributed by atoms with van der Waals surface area (Å²) in [5.41, 5.74) is 1.02. The van der Waals surface area contributed by atoms with Crippen LogP contribution in [0.4, 0.5) is 10.5 Å². The number of carbonyl (C=O) groups excluding carboxylic acids is 1. The van der Waals surface area contributed by atoms with Gasteiger partial charge >= 0.3 is 6.16 Å². The molecule has 0 aliphatic carbocycles. The van der Waals surface area contributed by atoms with Gasteiger partial charge < -0.3 is 18.6 Å². The standard InChI is InChI=1S/C26H37NO7Si/c1-26(2,3)35(4,5)32-19-17-23(12-9-18-31-20-21-10-7-6-8-11-21)33-25(28)34-24-15-13-22(14-16-24)27(29)30/h6-8,10-11,13-16,23H,9,12,17-20H2,1-5H3. The minimum atomic E-state index is -1.92. The van der Waals surface area contributed by atoms with Crippen LogP contribution in [0, 0.1) is 10.1 Å². The molecule has 0 saturated heterocycles. The first kappa shape index (κ1) is 28.5. The Morgan fingerprint density at radius 3 is 2.26 bits per heavy atom. The molecule has 0 radical (unpaired) electrons. The molecule has 0 saturated carbocycles. The first-order chi connectivity index (χ1) is 16.5. The van der Waals surface area contributed by atoms with Crippen molar-refractivity contribution in [1.29, 1.82) is 0 Å². The highest BCUT2D eigenvalue weighted by Crippen LogP contribution is 2.36. The predicted octanol–water partition coefficient (Wildman–Crippen LogP) is 6.89. The number of rotatable bonds is 13. The van der Waals surface area contributed by atoms with E-state index in [1.807, 2.05) is 30.3 Å². The molecule has 8 nitrogen and oxygen atoms in total. The van der Waals surface area contributed by atoms with Crippen LogP contribution in [0.1, 0.15) is 45.6 Å². The zero-order chi connectivity index (χ0) is 25.9. The lowest BCUT2D eigenvalue weighted by atomic mass is 10.1. The summed E-state index contributed by atoms with van der Waals surface area (Å²) < 4.78 is 22.8. The lowest BCUT2D eigenvalue weighted by molar-refractivity contribution is -0.384. The Kier molecular flexibility index (Phi) is 10.9. The van der Waals surface area contributed by atoms with Crippen LogP contribution < -0.4 is 4.74 Å². The predicted molar refractivity (Wildman–Crippen MR) is 137 cm³/mol. The molecular formula is C26H37NO7Si. The fraction of sp³-hybridized carbons (Fsp3) is 0.500. The summed E-state index contributed by atoms with van der Waals surface area (Å²) in [6.45, 7) is 12.5. The summed E-state index contributed by atoms with van der Waals surface area (Å²) in [7, 11) is -1.92. The molecule has 0 aliphatic rings. The number of nitro benzene ring substituents is 1. The van der Waals surface area contributed by atoms with Crippen LogP contribution in [0.15, 0.2) is 54.6 Å². The zero-order valence-electron chi connectivity index (χ0n) is 21.3. The van der Waals surface area contributed by atoms with Crippen molar-refractivity contribution in [1.82, 2.24) is 0 Å². The minimum Gasteiger partial charge on any atom is -0.431 e.